The lowest BCUT2D eigenvalue weighted by Gasteiger charge is -2.07. The molecule has 1 rings (SSSR count). The average molecular weight is 299 g/mol. The molecule has 3 nitrogen and oxygen atoms in total. The van der Waals surface area contributed by atoms with Crippen molar-refractivity contribution in [2.24, 2.45) is 0 Å². The highest BCUT2D eigenvalue weighted by atomic mass is 79.9. The van der Waals surface area contributed by atoms with E-state index in [1.54, 1.807) is 0 Å². The molecule has 0 unspecified atom stereocenters. The van der Waals surface area contributed by atoms with Crippen LogP contribution in [0.1, 0.15) is 24.5 Å². The van der Waals surface area contributed by atoms with Gasteiger partial charge in [0.2, 0.25) is 5.91 Å². The number of benzene rings is 1. The zero-order valence-electron chi connectivity index (χ0n) is 10.3. The molecular weight excluding hydrogens is 280 g/mol. The second-order valence-electron chi connectivity index (χ2n) is 4.04. The van der Waals surface area contributed by atoms with Crippen LogP contribution in [0.4, 0.5) is 0 Å². The Kier molecular flexibility index (Phi) is 6.22. The zero-order chi connectivity index (χ0) is 12.7. The monoisotopic (exact) mass is 298 g/mol. The lowest BCUT2D eigenvalue weighted by atomic mass is 10.1. The predicted octanol–water partition coefficient (Wildman–Crippen LogP) is 2.37. The molecule has 0 spiro atoms. The van der Waals surface area contributed by atoms with Gasteiger partial charge in [-0.25, -0.2) is 0 Å². The first-order chi connectivity index (χ1) is 8.13. The largest absolute Gasteiger partial charge is 0.355 e. The maximum atomic E-state index is 11.3. The van der Waals surface area contributed by atoms with Crippen molar-refractivity contribution in [3.05, 3.63) is 33.8 Å². The van der Waals surface area contributed by atoms with Gasteiger partial charge in [0.25, 0.3) is 0 Å². The molecule has 1 aromatic carbocycles. The van der Waals surface area contributed by atoms with Gasteiger partial charge in [0.1, 0.15) is 0 Å². The number of nitrogens with one attached hydrogen (secondary N) is 2. The molecule has 0 aliphatic rings. The van der Waals surface area contributed by atoms with Crippen molar-refractivity contribution < 1.29 is 4.79 Å². The molecular formula is C13H19BrN2O. The van der Waals surface area contributed by atoms with Crippen LogP contribution in [0.3, 0.4) is 0 Å². The van der Waals surface area contributed by atoms with Gasteiger partial charge in [0, 0.05) is 17.6 Å². The van der Waals surface area contributed by atoms with E-state index in [0.717, 1.165) is 17.4 Å². The summed E-state index contributed by atoms with van der Waals surface area (Å²) in [6.07, 6.45) is 0.969. The van der Waals surface area contributed by atoms with Crippen LogP contribution < -0.4 is 10.6 Å². The fraction of sp³-hybridized carbons (Fsp3) is 0.462. The minimum atomic E-state index is 0.0537. The Hall–Kier alpha value is -0.870. The normalized spacial score (nSPS) is 10.3. The average Bonchev–Trinajstić information content (AvgIpc) is 2.31. The number of carbonyl (C=O) groups excluding carboxylic acids is 1. The minimum absolute atomic E-state index is 0.0537. The molecule has 0 bridgehead atoms. The first-order valence-corrected chi connectivity index (χ1v) is 6.65. The third kappa shape index (κ3) is 5.33. The second-order valence-corrected chi connectivity index (χ2v) is 4.89. The summed E-state index contributed by atoms with van der Waals surface area (Å²) in [6, 6.07) is 6.21. The maximum absolute atomic E-state index is 11.3. The highest BCUT2D eigenvalue weighted by molar-refractivity contribution is 9.10. The van der Waals surface area contributed by atoms with Gasteiger partial charge < -0.3 is 10.6 Å². The van der Waals surface area contributed by atoms with E-state index in [1.165, 1.54) is 11.1 Å². The first-order valence-electron chi connectivity index (χ1n) is 5.86. The lowest BCUT2D eigenvalue weighted by Crippen LogP contribution is -2.33. The Morgan fingerprint density at radius 3 is 2.82 bits per heavy atom. The van der Waals surface area contributed by atoms with Crippen LogP contribution in [-0.2, 0) is 11.3 Å². The quantitative estimate of drug-likeness (QED) is 0.847. The van der Waals surface area contributed by atoms with E-state index in [2.05, 4.69) is 51.7 Å². The topological polar surface area (TPSA) is 41.1 Å². The third-order valence-electron chi connectivity index (χ3n) is 2.42. The van der Waals surface area contributed by atoms with Crippen LogP contribution in [0.2, 0.25) is 0 Å². The van der Waals surface area contributed by atoms with Crippen LogP contribution in [0.15, 0.2) is 22.7 Å². The molecule has 0 heterocycles. The Labute approximate surface area is 111 Å². The molecule has 0 atom stereocenters. The van der Waals surface area contributed by atoms with E-state index in [-0.39, 0.29) is 5.91 Å². The molecule has 4 heteroatoms. The molecule has 0 radical (unpaired) electrons. The van der Waals surface area contributed by atoms with E-state index < -0.39 is 0 Å². The Morgan fingerprint density at radius 1 is 1.41 bits per heavy atom. The number of rotatable bonds is 6. The highest BCUT2D eigenvalue weighted by Crippen LogP contribution is 2.17. The summed E-state index contributed by atoms with van der Waals surface area (Å²) in [6.45, 7) is 5.91. The minimum Gasteiger partial charge on any atom is -0.355 e. The van der Waals surface area contributed by atoms with Crippen LogP contribution in [0.25, 0.3) is 0 Å². The van der Waals surface area contributed by atoms with Crippen molar-refractivity contribution in [3.63, 3.8) is 0 Å². The number of halogens is 1. The SMILES string of the molecule is CCCNC(=O)CNCc1ccc(C)c(Br)c1. The Bertz CT molecular complexity index is 380. The predicted molar refractivity (Wildman–Crippen MR) is 73.9 cm³/mol. The summed E-state index contributed by atoms with van der Waals surface area (Å²) in [7, 11) is 0. The molecule has 0 saturated carbocycles. The summed E-state index contributed by atoms with van der Waals surface area (Å²) in [5, 5.41) is 5.95. The van der Waals surface area contributed by atoms with Gasteiger partial charge in [0.15, 0.2) is 0 Å². The fourth-order valence-electron chi connectivity index (χ4n) is 1.39. The highest BCUT2D eigenvalue weighted by Gasteiger charge is 2.00. The zero-order valence-corrected chi connectivity index (χ0v) is 11.9. The summed E-state index contributed by atoms with van der Waals surface area (Å²) in [5.74, 6) is 0.0537. The van der Waals surface area contributed by atoms with Crippen LogP contribution in [-0.4, -0.2) is 19.0 Å². The molecule has 0 aliphatic carbocycles. The number of aryl methyl sites for hydroxylation is 1. The van der Waals surface area contributed by atoms with Gasteiger partial charge in [0.05, 0.1) is 6.54 Å². The molecule has 2 N–H and O–H groups in total. The standard InChI is InChI=1S/C13H19BrN2O/c1-3-6-16-13(17)9-15-8-11-5-4-10(2)12(14)7-11/h4-5,7,15H,3,6,8-9H2,1-2H3,(H,16,17). The molecule has 0 aliphatic heterocycles. The molecule has 0 saturated heterocycles. The first kappa shape index (κ1) is 14.2. The molecule has 1 aromatic rings. The van der Waals surface area contributed by atoms with Gasteiger partial charge in [-0.05, 0) is 30.5 Å². The molecule has 0 fully saturated rings. The van der Waals surface area contributed by atoms with Crippen molar-refractivity contribution in [2.45, 2.75) is 26.8 Å². The van der Waals surface area contributed by atoms with Gasteiger partial charge in [-0.15, -0.1) is 0 Å². The molecule has 0 aromatic heterocycles. The molecule has 17 heavy (non-hydrogen) atoms. The summed E-state index contributed by atoms with van der Waals surface area (Å²) in [4.78, 5) is 11.3. The maximum Gasteiger partial charge on any atom is 0.233 e. The van der Waals surface area contributed by atoms with Crippen molar-refractivity contribution in [2.75, 3.05) is 13.1 Å². The summed E-state index contributed by atoms with van der Waals surface area (Å²) in [5.41, 5.74) is 2.39. The molecule has 1 amide bonds. The van der Waals surface area contributed by atoms with Crippen molar-refractivity contribution >= 4 is 21.8 Å². The Balaban J connectivity index is 2.30. The Morgan fingerprint density at radius 2 is 2.18 bits per heavy atom. The number of amides is 1. The summed E-state index contributed by atoms with van der Waals surface area (Å²) >= 11 is 3.49. The van der Waals surface area contributed by atoms with Crippen LogP contribution in [0.5, 0.6) is 0 Å². The van der Waals surface area contributed by atoms with Gasteiger partial charge in [-0.2, -0.15) is 0 Å². The van der Waals surface area contributed by atoms with E-state index in [4.69, 9.17) is 0 Å². The number of carbonyl (C=O) groups is 1. The van der Waals surface area contributed by atoms with E-state index in [1.807, 2.05) is 6.92 Å². The van der Waals surface area contributed by atoms with Crippen molar-refractivity contribution in [1.82, 2.24) is 10.6 Å². The second kappa shape index (κ2) is 7.45. The fourth-order valence-corrected chi connectivity index (χ4v) is 1.82. The number of hydrogen-bond donors (Lipinski definition) is 2. The third-order valence-corrected chi connectivity index (χ3v) is 3.28. The van der Waals surface area contributed by atoms with Gasteiger partial charge in [-0.1, -0.05) is 35.0 Å². The van der Waals surface area contributed by atoms with E-state index in [9.17, 15) is 4.79 Å². The van der Waals surface area contributed by atoms with Crippen LogP contribution >= 0.6 is 15.9 Å². The van der Waals surface area contributed by atoms with E-state index >= 15 is 0 Å². The van der Waals surface area contributed by atoms with E-state index in [0.29, 0.717) is 13.1 Å². The lowest BCUT2D eigenvalue weighted by molar-refractivity contribution is -0.120. The van der Waals surface area contributed by atoms with Crippen molar-refractivity contribution in [3.8, 4) is 0 Å². The van der Waals surface area contributed by atoms with Gasteiger partial charge in [-0.3, -0.25) is 4.79 Å². The smallest absolute Gasteiger partial charge is 0.233 e. The molecule has 94 valence electrons. The van der Waals surface area contributed by atoms with Gasteiger partial charge >= 0.3 is 0 Å². The number of hydrogen-bond acceptors (Lipinski definition) is 2. The summed E-state index contributed by atoms with van der Waals surface area (Å²) < 4.78 is 1.10. The van der Waals surface area contributed by atoms with Crippen LogP contribution in [0, 0.1) is 6.92 Å². The van der Waals surface area contributed by atoms with Crippen molar-refractivity contribution in [1.29, 1.82) is 0 Å².